The minimum Gasteiger partial charge on any atom is -0.388 e. The number of nitrogens with zero attached hydrogens (tertiary/aromatic N) is 1. The molecular formula is C19H29NO. The van der Waals surface area contributed by atoms with Crippen LogP contribution in [0.1, 0.15) is 77.0 Å². The molecular weight excluding hydrogens is 258 g/mol. The first kappa shape index (κ1) is 14.1. The molecule has 0 aromatic carbocycles. The number of nitriles is 1. The molecule has 4 aliphatic rings. The van der Waals surface area contributed by atoms with E-state index < -0.39 is 11.0 Å². The van der Waals surface area contributed by atoms with E-state index in [-0.39, 0.29) is 0 Å². The van der Waals surface area contributed by atoms with E-state index in [0.29, 0.717) is 5.92 Å². The van der Waals surface area contributed by atoms with Crippen LogP contribution in [0, 0.1) is 40.4 Å². The molecule has 2 bridgehead atoms. The highest BCUT2D eigenvalue weighted by atomic mass is 16.3. The lowest BCUT2D eigenvalue weighted by Gasteiger charge is -2.49. The van der Waals surface area contributed by atoms with Crippen molar-refractivity contribution in [1.82, 2.24) is 0 Å². The van der Waals surface area contributed by atoms with Crippen molar-refractivity contribution in [3.63, 3.8) is 0 Å². The van der Waals surface area contributed by atoms with Gasteiger partial charge in [-0.3, -0.25) is 0 Å². The average molecular weight is 287 g/mol. The smallest absolute Gasteiger partial charge is 0.0866 e. The summed E-state index contributed by atoms with van der Waals surface area (Å²) in [5.41, 5.74) is -1.09. The highest BCUT2D eigenvalue weighted by molar-refractivity contribution is 5.21. The second kappa shape index (κ2) is 4.98. The standard InChI is InChI=1S/C19H29NO/c20-13-18(9-4-2-1-3-5-10-18)19(21)12-14-11-17(19)16-8-6-7-15(14)16/h14-17,21H,1-12H2. The zero-order valence-electron chi connectivity index (χ0n) is 13.2. The SMILES string of the molecule is N#CC1(C2(O)CC3CC2C2CCCC32)CCCCCCC1. The summed E-state index contributed by atoms with van der Waals surface area (Å²) in [6.07, 6.45) is 14.2. The van der Waals surface area contributed by atoms with Crippen molar-refractivity contribution < 1.29 is 5.11 Å². The Morgan fingerprint density at radius 2 is 1.57 bits per heavy atom. The number of aliphatic hydroxyl groups is 1. The lowest BCUT2D eigenvalue weighted by Crippen LogP contribution is -2.54. The quantitative estimate of drug-likeness (QED) is 0.775. The van der Waals surface area contributed by atoms with Gasteiger partial charge in [0.15, 0.2) is 0 Å². The van der Waals surface area contributed by atoms with Crippen LogP contribution in [0.25, 0.3) is 0 Å². The predicted molar refractivity (Wildman–Crippen MR) is 82.4 cm³/mol. The fourth-order valence-electron chi connectivity index (χ4n) is 6.81. The Morgan fingerprint density at radius 3 is 2.29 bits per heavy atom. The summed E-state index contributed by atoms with van der Waals surface area (Å²) in [6.45, 7) is 0. The van der Waals surface area contributed by atoms with Gasteiger partial charge in [-0.15, -0.1) is 0 Å². The van der Waals surface area contributed by atoms with E-state index in [1.165, 1.54) is 44.9 Å². The van der Waals surface area contributed by atoms with Crippen molar-refractivity contribution in [1.29, 1.82) is 5.26 Å². The van der Waals surface area contributed by atoms with Gasteiger partial charge in [0.2, 0.25) is 0 Å². The fraction of sp³-hybridized carbons (Fsp3) is 0.947. The van der Waals surface area contributed by atoms with E-state index in [4.69, 9.17) is 0 Å². The number of hydrogen-bond donors (Lipinski definition) is 1. The molecule has 0 aliphatic heterocycles. The zero-order chi connectivity index (χ0) is 14.5. The average Bonchev–Trinajstić information content (AvgIpc) is 3.10. The van der Waals surface area contributed by atoms with E-state index in [0.717, 1.165) is 49.9 Å². The maximum Gasteiger partial charge on any atom is 0.0866 e. The van der Waals surface area contributed by atoms with E-state index >= 15 is 0 Å². The largest absolute Gasteiger partial charge is 0.388 e. The molecule has 5 atom stereocenters. The number of rotatable bonds is 1. The minimum absolute atomic E-state index is 0.430. The Hall–Kier alpha value is -0.550. The van der Waals surface area contributed by atoms with E-state index in [9.17, 15) is 10.4 Å². The van der Waals surface area contributed by atoms with Gasteiger partial charge in [0.1, 0.15) is 0 Å². The molecule has 0 amide bonds. The molecule has 0 heterocycles. The first-order valence-corrected chi connectivity index (χ1v) is 9.34. The monoisotopic (exact) mass is 287 g/mol. The highest BCUT2D eigenvalue weighted by Gasteiger charge is 2.67. The maximum atomic E-state index is 11.7. The number of hydrogen-bond acceptors (Lipinski definition) is 2. The molecule has 0 radical (unpaired) electrons. The van der Waals surface area contributed by atoms with Crippen LogP contribution in [0.2, 0.25) is 0 Å². The molecule has 1 N–H and O–H groups in total. The molecule has 0 aromatic heterocycles. The maximum absolute atomic E-state index is 11.7. The Labute approximate surface area is 128 Å². The van der Waals surface area contributed by atoms with Gasteiger partial charge in [-0.2, -0.15) is 5.26 Å². The van der Waals surface area contributed by atoms with Crippen molar-refractivity contribution >= 4 is 0 Å². The predicted octanol–water partition coefficient (Wildman–Crippen LogP) is 4.43. The minimum atomic E-state index is -0.657. The van der Waals surface area contributed by atoms with Gasteiger partial charge in [-0.25, -0.2) is 0 Å². The first-order valence-electron chi connectivity index (χ1n) is 9.34. The molecule has 0 aromatic rings. The van der Waals surface area contributed by atoms with Crippen molar-refractivity contribution in [2.75, 3.05) is 0 Å². The molecule has 21 heavy (non-hydrogen) atoms. The van der Waals surface area contributed by atoms with Crippen LogP contribution in [0.4, 0.5) is 0 Å². The molecule has 2 nitrogen and oxygen atoms in total. The summed E-state index contributed by atoms with van der Waals surface area (Å²) in [6, 6.07) is 2.68. The third kappa shape index (κ3) is 1.86. The topological polar surface area (TPSA) is 44.0 Å². The molecule has 4 rings (SSSR count). The van der Waals surface area contributed by atoms with Crippen LogP contribution in [-0.4, -0.2) is 10.7 Å². The number of fused-ring (bicyclic) bond motifs is 5. The molecule has 2 heteroatoms. The zero-order valence-corrected chi connectivity index (χ0v) is 13.2. The third-order valence-corrected chi connectivity index (χ3v) is 7.74. The highest BCUT2D eigenvalue weighted by Crippen LogP contribution is 2.67. The van der Waals surface area contributed by atoms with Crippen LogP contribution in [0.15, 0.2) is 0 Å². The summed E-state index contributed by atoms with van der Waals surface area (Å²) in [5.74, 6) is 2.79. The summed E-state index contributed by atoms with van der Waals surface area (Å²) >= 11 is 0. The molecule has 4 saturated carbocycles. The van der Waals surface area contributed by atoms with Crippen molar-refractivity contribution in [3.05, 3.63) is 0 Å². The third-order valence-electron chi connectivity index (χ3n) is 7.74. The molecule has 5 unspecified atom stereocenters. The molecule has 0 saturated heterocycles. The van der Waals surface area contributed by atoms with Crippen LogP contribution < -0.4 is 0 Å². The summed E-state index contributed by atoms with van der Waals surface area (Å²) in [7, 11) is 0. The fourth-order valence-corrected chi connectivity index (χ4v) is 6.81. The van der Waals surface area contributed by atoms with Gasteiger partial charge in [0.05, 0.1) is 17.1 Å². The van der Waals surface area contributed by atoms with Gasteiger partial charge in [-0.05, 0) is 62.2 Å². The Balaban J connectivity index is 1.65. The van der Waals surface area contributed by atoms with Crippen LogP contribution in [0.3, 0.4) is 0 Å². The normalized spacial score (nSPS) is 48.4. The molecule has 0 spiro atoms. The Morgan fingerprint density at radius 1 is 0.905 bits per heavy atom. The summed E-state index contributed by atoms with van der Waals surface area (Å²) in [4.78, 5) is 0. The summed E-state index contributed by atoms with van der Waals surface area (Å²) in [5, 5.41) is 21.7. The first-order chi connectivity index (χ1) is 10.2. The van der Waals surface area contributed by atoms with Crippen LogP contribution in [-0.2, 0) is 0 Å². The van der Waals surface area contributed by atoms with Gasteiger partial charge < -0.3 is 5.11 Å². The second-order valence-corrected chi connectivity index (χ2v) is 8.45. The summed E-state index contributed by atoms with van der Waals surface area (Å²) < 4.78 is 0. The van der Waals surface area contributed by atoms with Crippen molar-refractivity contribution in [2.45, 2.75) is 82.7 Å². The van der Waals surface area contributed by atoms with Gasteiger partial charge in [-0.1, -0.05) is 38.5 Å². The Bertz CT molecular complexity index is 445. The van der Waals surface area contributed by atoms with Gasteiger partial charge in [0.25, 0.3) is 0 Å². The van der Waals surface area contributed by atoms with Gasteiger partial charge >= 0.3 is 0 Å². The van der Waals surface area contributed by atoms with E-state index in [1.54, 1.807) is 0 Å². The lowest BCUT2D eigenvalue weighted by molar-refractivity contribution is -0.128. The Kier molecular flexibility index (Phi) is 3.34. The van der Waals surface area contributed by atoms with E-state index in [2.05, 4.69) is 6.07 Å². The van der Waals surface area contributed by atoms with Crippen molar-refractivity contribution in [2.24, 2.45) is 29.1 Å². The van der Waals surface area contributed by atoms with Crippen LogP contribution >= 0.6 is 0 Å². The second-order valence-electron chi connectivity index (χ2n) is 8.45. The van der Waals surface area contributed by atoms with Gasteiger partial charge in [0, 0.05) is 0 Å². The van der Waals surface area contributed by atoms with Crippen molar-refractivity contribution in [3.8, 4) is 6.07 Å². The van der Waals surface area contributed by atoms with E-state index in [1.807, 2.05) is 0 Å². The lowest BCUT2D eigenvalue weighted by atomic mass is 9.57. The molecule has 4 aliphatic carbocycles. The molecule has 4 fully saturated rings. The van der Waals surface area contributed by atoms with Crippen LogP contribution in [0.5, 0.6) is 0 Å². The molecule has 116 valence electrons.